The Balaban J connectivity index is 0.000000292. The summed E-state index contributed by atoms with van der Waals surface area (Å²) in [7, 11) is -4.67. The van der Waals surface area contributed by atoms with Gasteiger partial charge in [-0.05, 0) is 34.1 Å². The maximum absolute atomic E-state index is 8.74. The van der Waals surface area contributed by atoms with Gasteiger partial charge in [0.2, 0.25) is 0 Å². The predicted molar refractivity (Wildman–Crippen MR) is 60.4 cm³/mol. The molecule has 0 saturated heterocycles. The van der Waals surface area contributed by atoms with Crippen molar-refractivity contribution in [2.24, 2.45) is 0 Å². The molecule has 0 aliphatic rings. The Bertz CT molecular complexity index is 398. The molecule has 0 spiro atoms. The third-order valence-corrected chi connectivity index (χ3v) is 2.17. The Morgan fingerprint density at radius 1 is 1.21 bits per heavy atom. The number of nitrogens with two attached hydrogens (primary N) is 1. The summed E-state index contributed by atoms with van der Waals surface area (Å²) >= 11 is 6.58. The number of hydrogen-bond acceptors (Lipinski definition) is 3. The first-order valence-corrected chi connectivity index (χ1v) is 6.09. The van der Waals surface area contributed by atoms with Crippen LogP contribution in [-0.2, 0) is 10.4 Å². The molecule has 1 aromatic carbocycles. The fourth-order valence-corrected chi connectivity index (χ4v) is 1.14. The van der Waals surface area contributed by atoms with Gasteiger partial charge < -0.3 is 5.73 Å². The number of nitrogen functional groups attached to an aromatic ring is 1. The lowest BCUT2D eigenvalue weighted by Crippen LogP contribution is -1.89. The van der Waals surface area contributed by atoms with Crippen LogP contribution in [0, 0.1) is 0 Å². The van der Waals surface area contributed by atoms with Crippen LogP contribution < -0.4 is 5.73 Å². The second-order valence-corrected chi connectivity index (χ2v) is 4.78. The standard InChI is InChI=1S/C6H5Br2N.H2O4S/c7-4-1-2-5(8)6(9)3-4;1-5(2,3)4/h1-3H,9H2;(H2,1,2,3,4). The van der Waals surface area contributed by atoms with Crippen molar-refractivity contribution >= 4 is 47.9 Å². The first-order chi connectivity index (χ1) is 6.20. The first-order valence-electron chi connectivity index (χ1n) is 3.10. The summed E-state index contributed by atoms with van der Waals surface area (Å²) in [4.78, 5) is 0. The molecule has 0 radical (unpaired) electrons. The van der Waals surface area contributed by atoms with Crippen LogP contribution in [0.4, 0.5) is 5.69 Å². The smallest absolute Gasteiger partial charge is 0.394 e. The monoisotopic (exact) mass is 347 g/mol. The maximum Gasteiger partial charge on any atom is 0.394 e. The van der Waals surface area contributed by atoms with Gasteiger partial charge in [0.1, 0.15) is 0 Å². The Kier molecular flexibility index (Phi) is 5.60. The summed E-state index contributed by atoms with van der Waals surface area (Å²) in [6, 6.07) is 5.68. The van der Waals surface area contributed by atoms with Gasteiger partial charge >= 0.3 is 10.4 Å². The topological polar surface area (TPSA) is 101 Å². The van der Waals surface area contributed by atoms with Gasteiger partial charge in [-0.25, -0.2) is 0 Å². The summed E-state index contributed by atoms with van der Waals surface area (Å²) in [5.74, 6) is 0. The zero-order chi connectivity index (χ0) is 11.4. The number of anilines is 1. The maximum atomic E-state index is 8.74. The van der Waals surface area contributed by atoms with E-state index in [0.717, 1.165) is 14.6 Å². The Labute approximate surface area is 98.1 Å². The fourth-order valence-electron chi connectivity index (χ4n) is 0.515. The quantitative estimate of drug-likeness (QED) is 0.492. The summed E-state index contributed by atoms with van der Waals surface area (Å²) in [6.45, 7) is 0. The van der Waals surface area contributed by atoms with Crippen molar-refractivity contribution in [2.75, 3.05) is 5.73 Å². The molecule has 5 nitrogen and oxygen atoms in total. The zero-order valence-electron chi connectivity index (χ0n) is 6.68. The third kappa shape index (κ3) is 8.45. The van der Waals surface area contributed by atoms with Gasteiger partial charge in [-0.2, -0.15) is 8.42 Å². The van der Waals surface area contributed by atoms with Crippen LogP contribution in [0.2, 0.25) is 0 Å². The Hall–Kier alpha value is -0.150. The average Bonchev–Trinajstić information content (AvgIpc) is 1.94. The fraction of sp³-hybridized carbons (Fsp3) is 0. The van der Waals surface area contributed by atoms with E-state index in [9.17, 15) is 0 Å². The molecule has 4 N–H and O–H groups in total. The van der Waals surface area contributed by atoms with Crippen molar-refractivity contribution in [3.8, 4) is 0 Å². The van der Waals surface area contributed by atoms with Gasteiger partial charge in [0, 0.05) is 14.6 Å². The molecule has 0 atom stereocenters. The molecule has 80 valence electrons. The lowest BCUT2D eigenvalue weighted by molar-refractivity contribution is 0.381. The summed E-state index contributed by atoms with van der Waals surface area (Å²) < 4.78 is 33.5. The molecule has 1 rings (SSSR count). The van der Waals surface area contributed by atoms with Crippen LogP contribution in [0.5, 0.6) is 0 Å². The van der Waals surface area contributed by atoms with Crippen LogP contribution in [0.15, 0.2) is 27.1 Å². The molecular formula is C6H7Br2NO4S. The SMILES string of the molecule is Nc1cc(Br)ccc1Br.O=S(=O)(O)O. The zero-order valence-corrected chi connectivity index (χ0v) is 10.7. The molecule has 1 aromatic rings. The highest BCUT2D eigenvalue weighted by atomic mass is 79.9. The van der Waals surface area contributed by atoms with Crippen LogP contribution in [0.1, 0.15) is 0 Å². The molecule has 14 heavy (non-hydrogen) atoms. The van der Waals surface area contributed by atoms with Crippen molar-refractivity contribution in [2.45, 2.75) is 0 Å². The van der Waals surface area contributed by atoms with Crippen molar-refractivity contribution in [1.29, 1.82) is 0 Å². The van der Waals surface area contributed by atoms with E-state index >= 15 is 0 Å². The van der Waals surface area contributed by atoms with Crippen molar-refractivity contribution in [3.63, 3.8) is 0 Å². The van der Waals surface area contributed by atoms with E-state index in [-0.39, 0.29) is 0 Å². The normalized spacial score (nSPS) is 10.3. The van der Waals surface area contributed by atoms with Gasteiger partial charge in [0.15, 0.2) is 0 Å². The van der Waals surface area contributed by atoms with Gasteiger partial charge in [-0.3, -0.25) is 9.11 Å². The number of halogens is 2. The molecule has 8 heteroatoms. The molecule has 0 heterocycles. The largest absolute Gasteiger partial charge is 0.398 e. The van der Waals surface area contributed by atoms with Crippen LogP contribution in [-0.4, -0.2) is 17.5 Å². The third-order valence-electron chi connectivity index (χ3n) is 0.958. The molecule has 0 aliphatic carbocycles. The lowest BCUT2D eigenvalue weighted by Gasteiger charge is -1.95. The molecule has 0 aliphatic heterocycles. The molecule has 0 bridgehead atoms. The average molecular weight is 349 g/mol. The van der Waals surface area contributed by atoms with Crippen LogP contribution in [0.3, 0.4) is 0 Å². The molecular weight excluding hydrogens is 342 g/mol. The van der Waals surface area contributed by atoms with E-state index in [1.807, 2.05) is 18.2 Å². The van der Waals surface area contributed by atoms with E-state index < -0.39 is 10.4 Å². The highest BCUT2D eigenvalue weighted by Gasteiger charge is 1.92. The van der Waals surface area contributed by atoms with E-state index in [2.05, 4.69) is 31.9 Å². The second-order valence-electron chi connectivity index (χ2n) is 2.11. The summed E-state index contributed by atoms with van der Waals surface area (Å²) in [5, 5.41) is 0. The van der Waals surface area contributed by atoms with Crippen molar-refractivity contribution in [3.05, 3.63) is 27.1 Å². The molecule has 0 unspecified atom stereocenters. The van der Waals surface area contributed by atoms with E-state index in [4.69, 9.17) is 23.3 Å². The summed E-state index contributed by atoms with van der Waals surface area (Å²) in [5.41, 5.74) is 6.30. The number of benzene rings is 1. The molecule has 0 fully saturated rings. The van der Waals surface area contributed by atoms with Crippen molar-refractivity contribution < 1.29 is 17.5 Å². The lowest BCUT2D eigenvalue weighted by atomic mass is 10.3. The van der Waals surface area contributed by atoms with Crippen LogP contribution >= 0.6 is 31.9 Å². The Morgan fingerprint density at radius 3 is 1.93 bits per heavy atom. The van der Waals surface area contributed by atoms with E-state index in [0.29, 0.717) is 0 Å². The predicted octanol–water partition coefficient (Wildman–Crippen LogP) is 2.14. The first kappa shape index (κ1) is 13.8. The second kappa shape index (κ2) is 5.66. The minimum atomic E-state index is -4.67. The van der Waals surface area contributed by atoms with E-state index in [1.54, 1.807) is 0 Å². The molecule has 0 saturated carbocycles. The van der Waals surface area contributed by atoms with E-state index in [1.165, 1.54) is 0 Å². The highest BCUT2D eigenvalue weighted by molar-refractivity contribution is 9.11. The minimum absolute atomic E-state index is 0.754. The van der Waals surface area contributed by atoms with Crippen molar-refractivity contribution in [1.82, 2.24) is 0 Å². The molecule has 0 amide bonds. The highest BCUT2D eigenvalue weighted by Crippen LogP contribution is 2.22. The van der Waals surface area contributed by atoms with Gasteiger partial charge in [-0.1, -0.05) is 15.9 Å². The minimum Gasteiger partial charge on any atom is -0.398 e. The van der Waals surface area contributed by atoms with Gasteiger partial charge in [-0.15, -0.1) is 0 Å². The van der Waals surface area contributed by atoms with Gasteiger partial charge in [0.25, 0.3) is 0 Å². The number of hydrogen-bond donors (Lipinski definition) is 3. The van der Waals surface area contributed by atoms with Gasteiger partial charge in [0.05, 0.1) is 0 Å². The summed E-state index contributed by atoms with van der Waals surface area (Å²) in [6.07, 6.45) is 0. The molecule has 0 aromatic heterocycles. The van der Waals surface area contributed by atoms with Crippen LogP contribution in [0.25, 0.3) is 0 Å². The Morgan fingerprint density at radius 2 is 1.64 bits per heavy atom. The number of rotatable bonds is 0.